The minimum Gasteiger partial charge on any atom is -0.482 e. The molecule has 0 aliphatic carbocycles. The van der Waals surface area contributed by atoms with E-state index in [2.05, 4.69) is 6.07 Å². The van der Waals surface area contributed by atoms with E-state index in [0.29, 0.717) is 18.7 Å². The molecule has 0 saturated carbocycles. The first-order chi connectivity index (χ1) is 13.6. The second-order valence-corrected chi connectivity index (χ2v) is 6.60. The third-order valence-electron chi connectivity index (χ3n) is 4.77. The summed E-state index contributed by atoms with van der Waals surface area (Å²) in [5, 5.41) is 0. The minimum atomic E-state index is -0.483. The van der Waals surface area contributed by atoms with Crippen molar-refractivity contribution in [3.63, 3.8) is 0 Å². The molecule has 28 heavy (non-hydrogen) atoms. The van der Waals surface area contributed by atoms with Crippen LogP contribution in [0, 0.1) is 5.82 Å². The maximum absolute atomic E-state index is 13.6. The predicted octanol–water partition coefficient (Wildman–Crippen LogP) is 3.56. The van der Waals surface area contributed by atoms with Crippen LogP contribution < -0.4 is 10.2 Å². The van der Waals surface area contributed by atoms with Crippen LogP contribution in [-0.2, 0) is 19.6 Å². The van der Waals surface area contributed by atoms with E-state index in [1.807, 2.05) is 18.2 Å². The second kappa shape index (κ2) is 7.68. The number of hydrogen-bond donors (Lipinski definition) is 0. The molecule has 0 bridgehead atoms. The van der Waals surface area contributed by atoms with Gasteiger partial charge in [-0.15, -0.1) is 0 Å². The molecule has 1 aliphatic rings. The van der Waals surface area contributed by atoms with Crippen molar-refractivity contribution in [1.82, 2.24) is 4.90 Å². The first-order valence-corrected chi connectivity index (χ1v) is 8.97. The molecule has 0 saturated heterocycles. The molecule has 1 aromatic heterocycles. The standard InChI is InChI=1S/C22H18FNO4/c23-18-8-4-3-7-17(18)13-27-21-14-28-20(11-19(21)25)22(26)24-10-9-15-5-1-2-6-16(15)12-24/h1-8,11,14H,9-10,12-13H2. The molecule has 1 aliphatic heterocycles. The number of ether oxygens (including phenoxy) is 1. The fourth-order valence-corrected chi connectivity index (χ4v) is 3.21. The van der Waals surface area contributed by atoms with Crippen LogP contribution in [0.25, 0.3) is 0 Å². The summed E-state index contributed by atoms with van der Waals surface area (Å²) >= 11 is 0. The fraction of sp³-hybridized carbons (Fsp3) is 0.182. The van der Waals surface area contributed by atoms with Crippen LogP contribution in [0.2, 0.25) is 0 Å². The van der Waals surface area contributed by atoms with Gasteiger partial charge in [0.05, 0.1) is 0 Å². The summed E-state index contributed by atoms with van der Waals surface area (Å²) in [7, 11) is 0. The quantitative estimate of drug-likeness (QED) is 0.696. The van der Waals surface area contributed by atoms with E-state index in [9.17, 15) is 14.0 Å². The Morgan fingerprint density at radius 1 is 1.11 bits per heavy atom. The predicted molar refractivity (Wildman–Crippen MR) is 101 cm³/mol. The summed E-state index contributed by atoms with van der Waals surface area (Å²) in [5.41, 5.74) is 2.16. The highest BCUT2D eigenvalue weighted by atomic mass is 19.1. The van der Waals surface area contributed by atoms with Crippen molar-refractivity contribution in [3.05, 3.63) is 99.4 Å². The first-order valence-electron chi connectivity index (χ1n) is 8.97. The van der Waals surface area contributed by atoms with Gasteiger partial charge < -0.3 is 14.1 Å². The molecule has 3 aromatic rings. The molecule has 0 spiro atoms. The zero-order valence-electron chi connectivity index (χ0n) is 15.1. The molecule has 0 radical (unpaired) electrons. The van der Waals surface area contributed by atoms with Crippen molar-refractivity contribution in [2.75, 3.05) is 6.54 Å². The molecule has 2 heterocycles. The van der Waals surface area contributed by atoms with E-state index in [4.69, 9.17) is 9.15 Å². The first kappa shape index (κ1) is 18.0. The zero-order valence-corrected chi connectivity index (χ0v) is 15.1. The van der Waals surface area contributed by atoms with E-state index in [1.165, 1.54) is 11.6 Å². The maximum atomic E-state index is 13.6. The molecule has 0 atom stereocenters. The number of carbonyl (C=O) groups is 1. The lowest BCUT2D eigenvalue weighted by Crippen LogP contribution is -2.36. The zero-order chi connectivity index (χ0) is 19.5. The van der Waals surface area contributed by atoms with Crippen LogP contribution in [0.1, 0.15) is 27.2 Å². The van der Waals surface area contributed by atoms with Gasteiger partial charge in [-0.3, -0.25) is 9.59 Å². The largest absolute Gasteiger partial charge is 0.482 e. The van der Waals surface area contributed by atoms with Crippen molar-refractivity contribution in [3.8, 4) is 5.75 Å². The van der Waals surface area contributed by atoms with Crippen LogP contribution in [0.3, 0.4) is 0 Å². The molecule has 4 rings (SSSR count). The molecule has 0 unspecified atom stereocenters. The van der Waals surface area contributed by atoms with Crippen LogP contribution in [0.4, 0.5) is 4.39 Å². The highest BCUT2D eigenvalue weighted by molar-refractivity contribution is 5.91. The number of carbonyl (C=O) groups excluding carboxylic acids is 1. The Morgan fingerprint density at radius 3 is 2.64 bits per heavy atom. The van der Waals surface area contributed by atoms with E-state index in [1.54, 1.807) is 23.1 Å². The lowest BCUT2D eigenvalue weighted by atomic mass is 10.00. The second-order valence-electron chi connectivity index (χ2n) is 6.60. The topological polar surface area (TPSA) is 59.8 Å². The molecule has 0 N–H and O–H groups in total. The highest BCUT2D eigenvalue weighted by Gasteiger charge is 2.24. The molecular formula is C22H18FNO4. The van der Waals surface area contributed by atoms with E-state index in [-0.39, 0.29) is 24.0 Å². The number of halogens is 1. The Labute approximate surface area is 161 Å². The van der Waals surface area contributed by atoms with Crippen molar-refractivity contribution < 1.29 is 18.3 Å². The Balaban J connectivity index is 1.46. The molecular weight excluding hydrogens is 361 g/mol. The molecule has 6 heteroatoms. The van der Waals surface area contributed by atoms with E-state index < -0.39 is 11.2 Å². The van der Waals surface area contributed by atoms with Gasteiger partial charge in [0.15, 0.2) is 5.76 Å². The fourth-order valence-electron chi connectivity index (χ4n) is 3.21. The molecule has 5 nitrogen and oxygen atoms in total. The summed E-state index contributed by atoms with van der Waals surface area (Å²) in [6.45, 7) is 0.934. The Kier molecular flexibility index (Phi) is 4.93. The van der Waals surface area contributed by atoms with Gasteiger partial charge >= 0.3 is 0 Å². The normalized spacial score (nSPS) is 13.1. The molecule has 2 aromatic carbocycles. The van der Waals surface area contributed by atoms with E-state index >= 15 is 0 Å². The number of rotatable bonds is 4. The van der Waals surface area contributed by atoms with Gasteiger partial charge in [-0.25, -0.2) is 4.39 Å². The lowest BCUT2D eigenvalue weighted by Gasteiger charge is -2.28. The summed E-state index contributed by atoms with van der Waals surface area (Å²) in [6, 6.07) is 15.2. The minimum absolute atomic E-state index is 0.0392. The van der Waals surface area contributed by atoms with Gasteiger partial charge in [0.25, 0.3) is 5.91 Å². The van der Waals surface area contributed by atoms with Crippen LogP contribution in [-0.4, -0.2) is 17.4 Å². The molecule has 142 valence electrons. The third kappa shape index (κ3) is 3.67. The number of nitrogens with zero attached hydrogens (tertiary/aromatic N) is 1. The van der Waals surface area contributed by atoms with Gasteiger partial charge in [-0.1, -0.05) is 42.5 Å². The number of benzene rings is 2. The maximum Gasteiger partial charge on any atom is 0.290 e. The Hall–Kier alpha value is -3.41. The molecule has 0 fully saturated rings. The van der Waals surface area contributed by atoms with Crippen molar-refractivity contribution in [2.45, 2.75) is 19.6 Å². The van der Waals surface area contributed by atoms with Crippen LogP contribution in [0.15, 0.2) is 70.1 Å². The monoisotopic (exact) mass is 379 g/mol. The van der Waals surface area contributed by atoms with Gasteiger partial charge in [-0.2, -0.15) is 0 Å². The van der Waals surface area contributed by atoms with Crippen molar-refractivity contribution >= 4 is 5.91 Å². The Morgan fingerprint density at radius 2 is 1.86 bits per heavy atom. The van der Waals surface area contributed by atoms with E-state index in [0.717, 1.165) is 24.3 Å². The summed E-state index contributed by atoms with van der Waals surface area (Å²) in [5.74, 6) is -0.859. The average molecular weight is 379 g/mol. The Bertz CT molecular complexity index is 1080. The van der Waals surface area contributed by atoms with Crippen LogP contribution in [0.5, 0.6) is 5.75 Å². The summed E-state index contributed by atoms with van der Waals surface area (Å²) < 4.78 is 24.4. The summed E-state index contributed by atoms with van der Waals surface area (Å²) in [4.78, 5) is 26.6. The van der Waals surface area contributed by atoms with Gasteiger partial charge in [0, 0.05) is 24.7 Å². The molecule has 1 amide bonds. The van der Waals surface area contributed by atoms with Gasteiger partial charge in [0.2, 0.25) is 11.2 Å². The lowest BCUT2D eigenvalue weighted by molar-refractivity contribution is 0.0698. The third-order valence-corrected chi connectivity index (χ3v) is 4.77. The number of amides is 1. The summed E-state index contributed by atoms with van der Waals surface area (Å²) in [6.07, 6.45) is 1.87. The van der Waals surface area contributed by atoms with Crippen molar-refractivity contribution in [1.29, 1.82) is 0 Å². The average Bonchev–Trinajstić information content (AvgIpc) is 2.73. The van der Waals surface area contributed by atoms with Gasteiger partial charge in [-0.05, 0) is 23.6 Å². The van der Waals surface area contributed by atoms with Gasteiger partial charge in [0.1, 0.15) is 18.7 Å². The number of hydrogen-bond acceptors (Lipinski definition) is 4. The highest BCUT2D eigenvalue weighted by Crippen LogP contribution is 2.20. The smallest absolute Gasteiger partial charge is 0.290 e. The SMILES string of the molecule is O=C(c1cc(=O)c(OCc2ccccc2F)co1)N1CCc2ccccc2C1. The number of fused-ring (bicyclic) bond motifs is 1. The van der Waals surface area contributed by atoms with Crippen molar-refractivity contribution in [2.24, 2.45) is 0 Å². The van der Waals surface area contributed by atoms with Crippen LogP contribution >= 0.6 is 0 Å².